The summed E-state index contributed by atoms with van der Waals surface area (Å²) in [6.45, 7) is 2.62. The molecule has 6 heteroatoms. The van der Waals surface area contributed by atoms with Gasteiger partial charge in [0.05, 0.1) is 22.4 Å². The Balaban J connectivity index is 1.61. The second kappa shape index (κ2) is 5.42. The van der Waals surface area contributed by atoms with E-state index in [4.69, 9.17) is 0 Å². The zero-order valence-corrected chi connectivity index (χ0v) is 11.8. The molecule has 2 aromatic heterocycles. The zero-order valence-electron chi connectivity index (χ0n) is 11.0. The van der Waals surface area contributed by atoms with Crippen molar-refractivity contribution in [3.05, 3.63) is 46.2 Å². The molecule has 1 aromatic carbocycles. The van der Waals surface area contributed by atoms with Crippen molar-refractivity contribution in [2.24, 2.45) is 0 Å². The number of carbonyl (C=O) groups is 1. The first-order valence-corrected chi connectivity index (χ1v) is 7.16. The normalized spacial score (nSPS) is 10.8. The number of nitrogens with zero attached hydrogens (tertiary/aromatic N) is 2. The lowest BCUT2D eigenvalue weighted by Crippen LogP contribution is -2.25. The van der Waals surface area contributed by atoms with E-state index in [1.165, 1.54) is 4.88 Å². The Kier molecular flexibility index (Phi) is 3.47. The Morgan fingerprint density at radius 2 is 2.30 bits per heavy atom. The number of H-pyrrole nitrogens is 1. The molecule has 0 unspecified atom stereocenters. The van der Waals surface area contributed by atoms with Crippen LogP contribution in [0.5, 0.6) is 0 Å². The first-order chi connectivity index (χ1) is 9.72. The first kappa shape index (κ1) is 12.8. The first-order valence-electron chi connectivity index (χ1n) is 6.35. The van der Waals surface area contributed by atoms with Crippen LogP contribution in [0.25, 0.3) is 11.0 Å². The number of carbonyl (C=O) groups excluding carboxylic acids is 1. The summed E-state index contributed by atoms with van der Waals surface area (Å²) in [4.78, 5) is 24.6. The SMILES string of the molecule is Cc1cnc(CCNC(=O)c2ccc3nc[nH]c3c2)s1. The van der Waals surface area contributed by atoms with Crippen molar-refractivity contribution in [3.8, 4) is 0 Å². The van der Waals surface area contributed by atoms with Crippen molar-refractivity contribution >= 4 is 28.3 Å². The van der Waals surface area contributed by atoms with E-state index in [9.17, 15) is 4.79 Å². The molecule has 0 aliphatic heterocycles. The van der Waals surface area contributed by atoms with Crippen molar-refractivity contribution < 1.29 is 4.79 Å². The maximum atomic E-state index is 12.0. The third kappa shape index (κ3) is 2.70. The summed E-state index contributed by atoms with van der Waals surface area (Å²) >= 11 is 1.66. The summed E-state index contributed by atoms with van der Waals surface area (Å²) in [5, 5.41) is 3.95. The second-order valence-corrected chi connectivity index (χ2v) is 5.82. The van der Waals surface area contributed by atoms with E-state index >= 15 is 0 Å². The summed E-state index contributed by atoms with van der Waals surface area (Å²) in [7, 11) is 0. The number of aryl methyl sites for hydroxylation is 1. The van der Waals surface area contributed by atoms with E-state index in [1.54, 1.807) is 23.7 Å². The lowest BCUT2D eigenvalue weighted by atomic mass is 10.2. The van der Waals surface area contributed by atoms with Gasteiger partial charge in [0, 0.05) is 29.6 Å². The van der Waals surface area contributed by atoms with Gasteiger partial charge in [-0.3, -0.25) is 4.79 Å². The van der Waals surface area contributed by atoms with Crippen molar-refractivity contribution in [2.75, 3.05) is 6.54 Å². The van der Waals surface area contributed by atoms with Crippen molar-refractivity contribution in [1.82, 2.24) is 20.3 Å². The second-order valence-electron chi connectivity index (χ2n) is 4.51. The Morgan fingerprint density at radius 1 is 1.40 bits per heavy atom. The molecule has 0 saturated carbocycles. The molecular formula is C14H14N4OS. The van der Waals surface area contributed by atoms with Crippen LogP contribution in [-0.4, -0.2) is 27.4 Å². The van der Waals surface area contributed by atoms with Crippen molar-refractivity contribution in [1.29, 1.82) is 0 Å². The fraction of sp³-hybridized carbons (Fsp3) is 0.214. The van der Waals surface area contributed by atoms with Gasteiger partial charge in [-0.2, -0.15) is 0 Å². The quantitative estimate of drug-likeness (QED) is 0.773. The van der Waals surface area contributed by atoms with E-state index in [1.807, 2.05) is 25.3 Å². The molecule has 2 heterocycles. The molecule has 0 spiro atoms. The molecule has 0 aliphatic carbocycles. The number of fused-ring (bicyclic) bond motifs is 1. The molecule has 5 nitrogen and oxygen atoms in total. The Hall–Kier alpha value is -2.21. The highest BCUT2D eigenvalue weighted by molar-refractivity contribution is 7.11. The topological polar surface area (TPSA) is 70.7 Å². The van der Waals surface area contributed by atoms with Crippen LogP contribution in [0.2, 0.25) is 0 Å². The minimum atomic E-state index is -0.0743. The third-order valence-electron chi connectivity index (χ3n) is 2.98. The number of aromatic amines is 1. The molecule has 102 valence electrons. The summed E-state index contributed by atoms with van der Waals surface area (Å²) in [5.74, 6) is -0.0743. The van der Waals surface area contributed by atoms with Gasteiger partial charge in [0.1, 0.15) is 0 Å². The predicted molar refractivity (Wildman–Crippen MR) is 79.0 cm³/mol. The summed E-state index contributed by atoms with van der Waals surface area (Å²) in [6, 6.07) is 5.43. The molecule has 3 aromatic rings. The number of benzene rings is 1. The average molecular weight is 286 g/mol. The number of hydrogen-bond acceptors (Lipinski definition) is 4. The van der Waals surface area contributed by atoms with Crippen LogP contribution in [-0.2, 0) is 6.42 Å². The molecule has 3 rings (SSSR count). The van der Waals surface area contributed by atoms with E-state index in [2.05, 4.69) is 20.3 Å². The average Bonchev–Trinajstić information content (AvgIpc) is 3.06. The molecule has 0 radical (unpaired) electrons. The Bertz CT molecular complexity index is 746. The number of aromatic nitrogens is 3. The van der Waals surface area contributed by atoms with Gasteiger partial charge in [0.25, 0.3) is 5.91 Å². The number of hydrogen-bond donors (Lipinski definition) is 2. The van der Waals surface area contributed by atoms with Gasteiger partial charge in [-0.15, -0.1) is 11.3 Å². The van der Waals surface area contributed by atoms with Crippen LogP contribution in [0.4, 0.5) is 0 Å². The zero-order chi connectivity index (χ0) is 13.9. The van der Waals surface area contributed by atoms with Crippen LogP contribution < -0.4 is 5.32 Å². The Labute approximate surface area is 120 Å². The molecule has 2 N–H and O–H groups in total. The predicted octanol–water partition coefficient (Wildman–Crippen LogP) is 2.30. The fourth-order valence-electron chi connectivity index (χ4n) is 1.98. The number of amides is 1. The summed E-state index contributed by atoms with van der Waals surface area (Å²) < 4.78 is 0. The molecule has 0 atom stereocenters. The number of thiazole rings is 1. The van der Waals surface area contributed by atoms with Gasteiger partial charge < -0.3 is 10.3 Å². The molecule has 1 amide bonds. The fourth-order valence-corrected chi connectivity index (χ4v) is 2.77. The Morgan fingerprint density at radius 3 is 3.10 bits per heavy atom. The smallest absolute Gasteiger partial charge is 0.251 e. The molecule has 0 aliphatic rings. The van der Waals surface area contributed by atoms with Crippen LogP contribution in [0, 0.1) is 6.92 Å². The van der Waals surface area contributed by atoms with Crippen LogP contribution >= 0.6 is 11.3 Å². The summed E-state index contributed by atoms with van der Waals surface area (Å²) in [5.41, 5.74) is 2.37. The lowest BCUT2D eigenvalue weighted by Gasteiger charge is -2.04. The van der Waals surface area contributed by atoms with E-state index in [0.717, 1.165) is 22.5 Å². The molecule has 0 saturated heterocycles. The lowest BCUT2D eigenvalue weighted by molar-refractivity contribution is 0.0954. The molecular weight excluding hydrogens is 272 g/mol. The van der Waals surface area contributed by atoms with E-state index in [0.29, 0.717) is 12.1 Å². The minimum absolute atomic E-state index is 0.0743. The van der Waals surface area contributed by atoms with Crippen molar-refractivity contribution in [2.45, 2.75) is 13.3 Å². The van der Waals surface area contributed by atoms with Crippen molar-refractivity contribution in [3.63, 3.8) is 0 Å². The minimum Gasteiger partial charge on any atom is -0.352 e. The van der Waals surface area contributed by atoms with Gasteiger partial charge in [0.15, 0.2) is 0 Å². The molecule has 0 fully saturated rings. The largest absolute Gasteiger partial charge is 0.352 e. The third-order valence-corrected chi connectivity index (χ3v) is 3.95. The van der Waals surface area contributed by atoms with Crippen LogP contribution in [0.1, 0.15) is 20.2 Å². The maximum Gasteiger partial charge on any atom is 0.251 e. The number of nitrogens with one attached hydrogen (secondary N) is 2. The van der Waals surface area contributed by atoms with Gasteiger partial charge in [-0.25, -0.2) is 9.97 Å². The molecule has 0 bridgehead atoms. The van der Waals surface area contributed by atoms with Gasteiger partial charge in [0.2, 0.25) is 0 Å². The van der Waals surface area contributed by atoms with Gasteiger partial charge >= 0.3 is 0 Å². The van der Waals surface area contributed by atoms with E-state index in [-0.39, 0.29) is 5.91 Å². The van der Waals surface area contributed by atoms with Crippen LogP contribution in [0.15, 0.2) is 30.7 Å². The van der Waals surface area contributed by atoms with Crippen LogP contribution in [0.3, 0.4) is 0 Å². The monoisotopic (exact) mass is 286 g/mol. The number of rotatable bonds is 4. The van der Waals surface area contributed by atoms with Gasteiger partial charge in [-0.05, 0) is 25.1 Å². The highest BCUT2D eigenvalue weighted by Crippen LogP contribution is 2.12. The molecule has 20 heavy (non-hydrogen) atoms. The highest BCUT2D eigenvalue weighted by Gasteiger charge is 2.07. The van der Waals surface area contributed by atoms with Gasteiger partial charge in [-0.1, -0.05) is 0 Å². The maximum absolute atomic E-state index is 12.0. The highest BCUT2D eigenvalue weighted by atomic mass is 32.1. The standard InChI is InChI=1S/C14H14N4OS/c1-9-7-16-13(20-9)4-5-15-14(19)10-2-3-11-12(6-10)18-8-17-11/h2-3,6-8H,4-5H2,1H3,(H,15,19)(H,17,18). The van der Waals surface area contributed by atoms with E-state index < -0.39 is 0 Å². The summed E-state index contributed by atoms with van der Waals surface area (Å²) in [6.07, 6.45) is 4.24. The number of imidazole rings is 1.